The quantitative estimate of drug-likeness (QED) is 0.517. The Hall–Kier alpha value is -2.89. The summed E-state index contributed by atoms with van der Waals surface area (Å²) in [6.07, 6.45) is 1.20. The van der Waals surface area contributed by atoms with E-state index < -0.39 is 4.92 Å². The molecule has 2 aromatic carbocycles. The van der Waals surface area contributed by atoms with Gasteiger partial charge in [-0.15, -0.1) is 0 Å². The van der Waals surface area contributed by atoms with Crippen LogP contribution in [-0.2, 0) is 0 Å². The molecule has 0 bridgehead atoms. The molecule has 0 aliphatic rings. The lowest BCUT2D eigenvalue weighted by Crippen LogP contribution is -1.98. The SMILES string of the molecule is O=[N+]([O-])c1ccc([O-])c(C=Nc2ccccc2O)c1. The molecule has 0 atom stereocenters. The number of nitrogens with zero attached hydrogens (tertiary/aromatic N) is 2. The molecule has 0 heterocycles. The van der Waals surface area contributed by atoms with Crippen LogP contribution >= 0.6 is 0 Å². The number of phenolic OH excluding ortho intramolecular Hbond substituents is 1. The van der Waals surface area contributed by atoms with Gasteiger partial charge in [-0.1, -0.05) is 23.9 Å². The van der Waals surface area contributed by atoms with E-state index in [1.165, 1.54) is 12.3 Å². The van der Waals surface area contributed by atoms with E-state index in [1.54, 1.807) is 18.2 Å². The van der Waals surface area contributed by atoms with Crippen LogP contribution in [-0.4, -0.2) is 16.2 Å². The van der Waals surface area contributed by atoms with Crippen LogP contribution in [0.1, 0.15) is 5.56 Å². The Bertz CT molecular complexity index is 653. The molecule has 6 heteroatoms. The lowest BCUT2D eigenvalue weighted by molar-refractivity contribution is -0.385. The summed E-state index contributed by atoms with van der Waals surface area (Å²) in [4.78, 5) is 14.0. The Morgan fingerprint density at radius 3 is 2.63 bits per heavy atom. The van der Waals surface area contributed by atoms with Crippen LogP contribution in [0.5, 0.6) is 11.5 Å². The molecule has 1 N–H and O–H groups in total. The third kappa shape index (κ3) is 2.86. The zero-order valence-electron chi connectivity index (χ0n) is 9.69. The minimum absolute atomic E-state index is 0.0309. The van der Waals surface area contributed by atoms with Gasteiger partial charge in [0.2, 0.25) is 0 Å². The van der Waals surface area contributed by atoms with E-state index in [4.69, 9.17) is 0 Å². The molecule has 0 aliphatic carbocycles. The molecule has 0 spiro atoms. The van der Waals surface area contributed by atoms with E-state index in [-0.39, 0.29) is 28.4 Å². The molecule has 19 heavy (non-hydrogen) atoms. The van der Waals surface area contributed by atoms with Crippen LogP contribution in [0.2, 0.25) is 0 Å². The summed E-state index contributed by atoms with van der Waals surface area (Å²) >= 11 is 0. The van der Waals surface area contributed by atoms with E-state index >= 15 is 0 Å². The number of nitro groups is 1. The van der Waals surface area contributed by atoms with E-state index in [0.29, 0.717) is 0 Å². The van der Waals surface area contributed by atoms with E-state index in [1.807, 2.05) is 0 Å². The first-order chi connectivity index (χ1) is 9.08. The lowest BCUT2D eigenvalue weighted by Gasteiger charge is -2.08. The molecule has 0 unspecified atom stereocenters. The highest BCUT2D eigenvalue weighted by molar-refractivity contribution is 5.86. The van der Waals surface area contributed by atoms with Gasteiger partial charge in [-0.05, 0) is 17.7 Å². The van der Waals surface area contributed by atoms with Gasteiger partial charge in [0, 0.05) is 18.3 Å². The van der Waals surface area contributed by atoms with Gasteiger partial charge in [-0.2, -0.15) is 0 Å². The second kappa shape index (κ2) is 5.18. The molecule has 0 fully saturated rings. The molecule has 0 amide bonds. The van der Waals surface area contributed by atoms with Crippen molar-refractivity contribution in [2.24, 2.45) is 4.99 Å². The molecule has 6 nitrogen and oxygen atoms in total. The Morgan fingerprint density at radius 2 is 1.95 bits per heavy atom. The van der Waals surface area contributed by atoms with E-state index in [9.17, 15) is 20.3 Å². The molecule has 0 saturated heterocycles. The maximum atomic E-state index is 11.5. The number of aromatic hydroxyl groups is 1. The molecule has 96 valence electrons. The minimum atomic E-state index is -0.587. The normalized spacial score (nSPS) is 10.7. The molecule has 0 saturated carbocycles. The fraction of sp³-hybridized carbons (Fsp3) is 0. The minimum Gasteiger partial charge on any atom is -0.872 e. The predicted molar refractivity (Wildman–Crippen MR) is 67.9 cm³/mol. The van der Waals surface area contributed by atoms with Gasteiger partial charge in [0.15, 0.2) is 0 Å². The first-order valence-corrected chi connectivity index (χ1v) is 5.35. The molecule has 0 aliphatic heterocycles. The van der Waals surface area contributed by atoms with Crippen LogP contribution < -0.4 is 5.11 Å². The van der Waals surface area contributed by atoms with E-state index in [2.05, 4.69) is 4.99 Å². The topological polar surface area (TPSA) is 98.8 Å². The average Bonchev–Trinajstić information content (AvgIpc) is 2.39. The van der Waals surface area contributed by atoms with Crippen molar-refractivity contribution in [1.82, 2.24) is 0 Å². The van der Waals surface area contributed by atoms with Crippen molar-refractivity contribution in [2.75, 3.05) is 0 Å². The monoisotopic (exact) mass is 257 g/mol. The summed E-state index contributed by atoms with van der Waals surface area (Å²) in [5.41, 5.74) is 0.198. The molecule has 2 aromatic rings. The zero-order chi connectivity index (χ0) is 13.8. The number of non-ortho nitro benzene ring substituents is 1. The predicted octanol–water partition coefficient (Wildman–Crippen LogP) is 2.12. The Labute approximate surface area is 108 Å². The summed E-state index contributed by atoms with van der Waals surface area (Å²) in [6, 6.07) is 9.74. The Morgan fingerprint density at radius 1 is 1.21 bits per heavy atom. The second-order valence-corrected chi connectivity index (χ2v) is 3.73. The number of hydrogen-bond donors (Lipinski definition) is 1. The fourth-order valence-electron chi connectivity index (χ4n) is 1.46. The second-order valence-electron chi connectivity index (χ2n) is 3.73. The molecule has 2 rings (SSSR count). The highest BCUT2D eigenvalue weighted by Crippen LogP contribution is 2.26. The standard InChI is InChI=1S/C13H10N2O4/c16-12-6-5-10(15(18)19)7-9(12)8-14-11-3-1-2-4-13(11)17/h1-8,16-17H/p-1. The van der Waals surface area contributed by atoms with Crippen molar-refractivity contribution in [3.05, 3.63) is 58.1 Å². The largest absolute Gasteiger partial charge is 0.872 e. The van der Waals surface area contributed by atoms with Crippen LogP contribution in [0.3, 0.4) is 0 Å². The number of phenols is 1. The van der Waals surface area contributed by atoms with Crippen molar-refractivity contribution < 1.29 is 15.1 Å². The van der Waals surface area contributed by atoms with Crippen LogP contribution in [0.15, 0.2) is 47.5 Å². The van der Waals surface area contributed by atoms with E-state index in [0.717, 1.165) is 18.2 Å². The summed E-state index contributed by atoms with van der Waals surface area (Å²) in [7, 11) is 0. The molecular formula is C13H9N2O4-. The highest BCUT2D eigenvalue weighted by Gasteiger charge is 2.05. The lowest BCUT2D eigenvalue weighted by atomic mass is 10.2. The van der Waals surface area contributed by atoms with Gasteiger partial charge in [0.25, 0.3) is 5.69 Å². The zero-order valence-corrected chi connectivity index (χ0v) is 9.69. The number of para-hydroxylation sites is 2. The number of hydrogen-bond acceptors (Lipinski definition) is 5. The van der Waals surface area contributed by atoms with Crippen molar-refractivity contribution in [3.63, 3.8) is 0 Å². The first kappa shape index (κ1) is 12.6. The summed E-state index contributed by atoms with van der Waals surface area (Å²) in [5.74, 6) is -0.401. The van der Waals surface area contributed by atoms with Gasteiger partial charge >= 0.3 is 0 Å². The number of aliphatic imine (C=N–C) groups is 1. The third-order valence-electron chi connectivity index (χ3n) is 2.43. The highest BCUT2D eigenvalue weighted by atomic mass is 16.6. The van der Waals surface area contributed by atoms with Crippen molar-refractivity contribution in [3.8, 4) is 11.5 Å². The summed E-state index contributed by atoms with van der Waals surface area (Å²) in [5, 5.41) is 31.6. The maximum absolute atomic E-state index is 11.5. The maximum Gasteiger partial charge on any atom is 0.270 e. The van der Waals surface area contributed by atoms with Crippen LogP contribution in [0.25, 0.3) is 0 Å². The number of benzene rings is 2. The number of rotatable bonds is 3. The van der Waals surface area contributed by atoms with Gasteiger partial charge < -0.3 is 10.2 Å². The number of nitro benzene ring substituents is 1. The van der Waals surface area contributed by atoms with Crippen molar-refractivity contribution in [1.29, 1.82) is 0 Å². The third-order valence-corrected chi connectivity index (χ3v) is 2.43. The molecule has 0 radical (unpaired) electrons. The summed E-state index contributed by atoms with van der Waals surface area (Å²) < 4.78 is 0. The van der Waals surface area contributed by atoms with Crippen molar-refractivity contribution in [2.45, 2.75) is 0 Å². The molecule has 0 aromatic heterocycles. The van der Waals surface area contributed by atoms with Gasteiger partial charge in [0.05, 0.1) is 4.92 Å². The Balaban J connectivity index is 2.35. The van der Waals surface area contributed by atoms with Gasteiger partial charge in [-0.25, -0.2) is 0 Å². The average molecular weight is 257 g/mol. The van der Waals surface area contributed by atoms with Gasteiger partial charge in [-0.3, -0.25) is 15.1 Å². The molecular weight excluding hydrogens is 248 g/mol. The van der Waals surface area contributed by atoms with Crippen LogP contribution in [0, 0.1) is 10.1 Å². The fourth-order valence-corrected chi connectivity index (χ4v) is 1.46. The first-order valence-electron chi connectivity index (χ1n) is 5.35. The summed E-state index contributed by atoms with van der Waals surface area (Å²) in [6.45, 7) is 0. The Kier molecular flexibility index (Phi) is 3.42. The van der Waals surface area contributed by atoms with Gasteiger partial charge in [0.1, 0.15) is 11.4 Å². The van der Waals surface area contributed by atoms with Crippen molar-refractivity contribution >= 4 is 17.6 Å². The smallest absolute Gasteiger partial charge is 0.270 e. The van der Waals surface area contributed by atoms with Crippen LogP contribution in [0.4, 0.5) is 11.4 Å².